The Bertz CT molecular complexity index is 1280. The van der Waals surface area contributed by atoms with Crippen molar-refractivity contribution < 1.29 is 0 Å². The number of aryl methyl sites for hydroxylation is 2. The summed E-state index contributed by atoms with van der Waals surface area (Å²) in [6.07, 6.45) is 0. The molecule has 0 amide bonds. The van der Waals surface area contributed by atoms with Crippen LogP contribution >= 0.6 is 0 Å². The Morgan fingerprint density at radius 1 is 0.533 bits per heavy atom. The highest BCUT2D eigenvalue weighted by Crippen LogP contribution is 2.46. The van der Waals surface area contributed by atoms with Crippen LogP contribution in [0.5, 0.6) is 0 Å². The zero-order valence-electron chi connectivity index (χ0n) is 17.3. The number of benzene rings is 5. The smallest absolute Gasteiger partial charge is 0.0619 e. The molecular formula is C28H24N2. The van der Waals surface area contributed by atoms with Crippen LogP contribution < -0.4 is 10.6 Å². The highest BCUT2D eigenvalue weighted by molar-refractivity contribution is 6.21. The fraction of sp³-hybridized carbons (Fsp3) is 0.0714. The molecule has 0 spiro atoms. The summed E-state index contributed by atoms with van der Waals surface area (Å²) in [4.78, 5) is 2.37. The van der Waals surface area contributed by atoms with E-state index in [0.717, 1.165) is 44.3 Å². The van der Waals surface area contributed by atoms with E-state index in [2.05, 4.69) is 116 Å². The van der Waals surface area contributed by atoms with Crippen molar-refractivity contribution in [2.45, 2.75) is 13.8 Å². The van der Waals surface area contributed by atoms with Crippen molar-refractivity contribution in [1.82, 2.24) is 0 Å². The van der Waals surface area contributed by atoms with Gasteiger partial charge in [0, 0.05) is 38.6 Å². The summed E-state index contributed by atoms with van der Waals surface area (Å²) >= 11 is 0. The van der Waals surface area contributed by atoms with Crippen LogP contribution in [0.25, 0.3) is 21.5 Å². The van der Waals surface area contributed by atoms with E-state index in [9.17, 15) is 0 Å². The second kappa shape index (κ2) is 7.23. The average molecular weight is 389 g/mol. The fourth-order valence-electron chi connectivity index (χ4n) is 4.32. The van der Waals surface area contributed by atoms with E-state index in [1.54, 1.807) is 0 Å². The van der Waals surface area contributed by atoms with Gasteiger partial charge in [-0.15, -0.1) is 0 Å². The van der Waals surface area contributed by atoms with Gasteiger partial charge in [-0.1, -0.05) is 72.8 Å². The van der Waals surface area contributed by atoms with Crippen molar-refractivity contribution in [3.8, 4) is 0 Å². The van der Waals surface area contributed by atoms with E-state index in [-0.39, 0.29) is 0 Å². The normalized spacial score (nSPS) is 11.1. The van der Waals surface area contributed by atoms with Crippen molar-refractivity contribution in [3.63, 3.8) is 0 Å². The SMILES string of the molecule is Cc1cccc(N(c2cccc(C)c2)c2c3ccccc3c(N)c3ccccc23)c1. The van der Waals surface area contributed by atoms with Gasteiger partial charge in [-0.25, -0.2) is 0 Å². The van der Waals surface area contributed by atoms with E-state index in [1.165, 1.54) is 11.1 Å². The maximum Gasteiger partial charge on any atom is 0.0619 e. The van der Waals surface area contributed by atoms with Gasteiger partial charge in [0.2, 0.25) is 0 Å². The second-order valence-electron chi connectivity index (χ2n) is 7.87. The van der Waals surface area contributed by atoms with E-state index < -0.39 is 0 Å². The first-order valence-electron chi connectivity index (χ1n) is 10.3. The number of rotatable bonds is 3. The summed E-state index contributed by atoms with van der Waals surface area (Å²) in [6, 6.07) is 34.2. The zero-order chi connectivity index (χ0) is 20.7. The lowest BCUT2D eigenvalue weighted by molar-refractivity contribution is 1.28. The van der Waals surface area contributed by atoms with Gasteiger partial charge in [-0.05, 0) is 49.2 Å². The molecule has 2 N–H and O–H groups in total. The van der Waals surface area contributed by atoms with Crippen LogP contribution in [0.4, 0.5) is 22.7 Å². The first-order chi connectivity index (χ1) is 14.6. The summed E-state index contributed by atoms with van der Waals surface area (Å²) in [5.41, 5.74) is 13.4. The van der Waals surface area contributed by atoms with E-state index in [0.29, 0.717) is 0 Å². The molecule has 146 valence electrons. The quantitative estimate of drug-likeness (QED) is 0.195. The zero-order valence-corrected chi connectivity index (χ0v) is 17.3. The summed E-state index contributed by atoms with van der Waals surface area (Å²) < 4.78 is 0. The minimum atomic E-state index is 0.832. The van der Waals surface area contributed by atoms with Gasteiger partial charge < -0.3 is 10.6 Å². The van der Waals surface area contributed by atoms with Crippen LogP contribution in [0, 0.1) is 13.8 Å². The van der Waals surface area contributed by atoms with Gasteiger partial charge in [0.15, 0.2) is 0 Å². The third-order valence-electron chi connectivity index (χ3n) is 5.69. The topological polar surface area (TPSA) is 29.3 Å². The monoisotopic (exact) mass is 388 g/mol. The first kappa shape index (κ1) is 18.3. The minimum Gasteiger partial charge on any atom is -0.398 e. The Balaban J connectivity index is 1.95. The van der Waals surface area contributed by atoms with Gasteiger partial charge >= 0.3 is 0 Å². The molecule has 2 nitrogen and oxygen atoms in total. The van der Waals surface area contributed by atoms with Crippen LogP contribution in [0.1, 0.15) is 11.1 Å². The number of hydrogen-bond donors (Lipinski definition) is 1. The lowest BCUT2D eigenvalue weighted by Gasteiger charge is -2.29. The minimum absolute atomic E-state index is 0.832. The maximum absolute atomic E-state index is 6.63. The third kappa shape index (κ3) is 2.98. The molecule has 0 atom stereocenters. The van der Waals surface area contributed by atoms with Crippen molar-refractivity contribution >= 4 is 44.3 Å². The highest BCUT2D eigenvalue weighted by Gasteiger charge is 2.20. The molecule has 0 radical (unpaired) electrons. The summed E-state index contributed by atoms with van der Waals surface area (Å²) in [6.45, 7) is 4.27. The molecule has 0 bridgehead atoms. The predicted octanol–water partition coefficient (Wildman–Crippen LogP) is 7.66. The highest BCUT2D eigenvalue weighted by atomic mass is 15.1. The van der Waals surface area contributed by atoms with Crippen LogP contribution in [-0.4, -0.2) is 0 Å². The van der Waals surface area contributed by atoms with E-state index >= 15 is 0 Å². The number of nitrogens with two attached hydrogens (primary N) is 1. The number of anilines is 4. The molecule has 2 heteroatoms. The van der Waals surface area contributed by atoms with Crippen molar-refractivity contribution in [1.29, 1.82) is 0 Å². The molecule has 0 heterocycles. The summed E-state index contributed by atoms with van der Waals surface area (Å²) in [5.74, 6) is 0. The average Bonchev–Trinajstić information content (AvgIpc) is 2.76. The molecule has 0 saturated heterocycles. The third-order valence-corrected chi connectivity index (χ3v) is 5.69. The van der Waals surface area contributed by atoms with Crippen molar-refractivity contribution in [2.24, 2.45) is 0 Å². The van der Waals surface area contributed by atoms with Crippen LogP contribution in [-0.2, 0) is 0 Å². The van der Waals surface area contributed by atoms with Gasteiger partial charge in [-0.3, -0.25) is 0 Å². The molecule has 0 fully saturated rings. The van der Waals surface area contributed by atoms with Gasteiger partial charge in [-0.2, -0.15) is 0 Å². The largest absolute Gasteiger partial charge is 0.398 e. The lowest BCUT2D eigenvalue weighted by atomic mass is 9.97. The Kier molecular flexibility index (Phi) is 4.40. The predicted molar refractivity (Wildman–Crippen MR) is 130 cm³/mol. The van der Waals surface area contributed by atoms with E-state index in [1.807, 2.05) is 0 Å². The first-order valence-corrected chi connectivity index (χ1v) is 10.3. The van der Waals surface area contributed by atoms with Crippen LogP contribution in [0.15, 0.2) is 97.1 Å². The Hall–Kier alpha value is -3.78. The molecule has 30 heavy (non-hydrogen) atoms. The summed E-state index contributed by atoms with van der Waals surface area (Å²) in [5, 5.41) is 4.46. The Morgan fingerprint density at radius 3 is 1.40 bits per heavy atom. The summed E-state index contributed by atoms with van der Waals surface area (Å²) in [7, 11) is 0. The maximum atomic E-state index is 6.63. The van der Waals surface area contributed by atoms with Crippen molar-refractivity contribution in [3.05, 3.63) is 108 Å². The number of nitrogen functional groups attached to an aromatic ring is 1. The fourth-order valence-corrected chi connectivity index (χ4v) is 4.32. The van der Waals surface area contributed by atoms with Gasteiger partial charge in [0.25, 0.3) is 0 Å². The Labute approximate surface area is 177 Å². The molecule has 0 aliphatic carbocycles. The molecule has 0 unspecified atom stereocenters. The molecular weight excluding hydrogens is 364 g/mol. The molecule has 0 aliphatic heterocycles. The molecule has 0 saturated carbocycles. The van der Waals surface area contributed by atoms with Crippen molar-refractivity contribution in [2.75, 3.05) is 10.6 Å². The molecule has 0 aliphatic rings. The Morgan fingerprint density at radius 2 is 0.967 bits per heavy atom. The van der Waals surface area contributed by atoms with E-state index in [4.69, 9.17) is 5.73 Å². The van der Waals surface area contributed by atoms with Gasteiger partial charge in [0.1, 0.15) is 0 Å². The number of nitrogens with zero attached hydrogens (tertiary/aromatic N) is 1. The van der Waals surface area contributed by atoms with Crippen LogP contribution in [0.2, 0.25) is 0 Å². The molecule has 5 aromatic rings. The standard InChI is InChI=1S/C28H24N2/c1-19-9-7-11-21(17-19)30(22-12-8-10-20(2)18-22)28-25-15-5-3-13-23(25)27(29)24-14-4-6-16-26(24)28/h3-18H,29H2,1-2H3. The number of fused-ring (bicyclic) bond motifs is 2. The lowest BCUT2D eigenvalue weighted by Crippen LogP contribution is -2.12. The molecule has 5 rings (SSSR count). The molecule has 5 aromatic carbocycles. The second-order valence-corrected chi connectivity index (χ2v) is 7.87. The number of hydrogen-bond acceptors (Lipinski definition) is 2. The molecule has 0 aromatic heterocycles. The van der Waals surface area contributed by atoms with Gasteiger partial charge in [0.05, 0.1) is 5.69 Å². The van der Waals surface area contributed by atoms with Crippen LogP contribution in [0.3, 0.4) is 0 Å².